The molecule has 0 unspecified atom stereocenters. The van der Waals surface area contributed by atoms with E-state index in [1.54, 1.807) is 36.7 Å². The van der Waals surface area contributed by atoms with Gasteiger partial charge < -0.3 is 9.84 Å². The summed E-state index contributed by atoms with van der Waals surface area (Å²) in [7, 11) is 0. The molecule has 2 heterocycles. The van der Waals surface area contributed by atoms with Crippen molar-refractivity contribution in [2.45, 2.75) is 6.92 Å². The van der Waals surface area contributed by atoms with E-state index in [4.69, 9.17) is 4.52 Å². The monoisotopic (exact) mass is 356 g/mol. The number of carbonyl (C=O) groups is 1. The summed E-state index contributed by atoms with van der Waals surface area (Å²) in [4.78, 5) is 21.0. The predicted octanol–water partition coefficient (Wildman–Crippen LogP) is 4.36. The highest BCUT2D eigenvalue weighted by atomic mass is 16.5. The Balaban J connectivity index is 1.64. The molecule has 0 saturated carbocycles. The molecule has 1 amide bonds. The third kappa shape index (κ3) is 3.59. The smallest absolute Gasteiger partial charge is 0.260 e. The molecule has 0 radical (unpaired) electrons. The van der Waals surface area contributed by atoms with Crippen LogP contribution in [-0.4, -0.2) is 21.0 Å². The maximum absolute atomic E-state index is 12.6. The van der Waals surface area contributed by atoms with E-state index in [0.717, 1.165) is 11.1 Å². The largest absolute Gasteiger partial charge is 0.334 e. The van der Waals surface area contributed by atoms with E-state index in [0.29, 0.717) is 28.5 Å². The summed E-state index contributed by atoms with van der Waals surface area (Å²) >= 11 is 0. The van der Waals surface area contributed by atoms with Crippen LogP contribution < -0.4 is 5.32 Å². The van der Waals surface area contributed by atoms with Crippen LogP contribution in [-0.2, 0) is 0 Å². The molecule has 2 aromatic heterocycles. The minimum atomic E-state index is -0.194. The third-order valence-electron chi connectivity index (χ3n) is 4.05. The number of rotatable bonds is 4. The van der Waals surface area contributed by atoms with Gasteiger partial charge in [0, 0.05) is 23.5 Å². The number of anilines is 1. The van der Waals surface area contributed by atoms with Crippen LogP contribution in [0.1, 0.15) is 15.9 Å². The first-order valence-electron chi connectivity index (χ1n) is 8.42. The number of nitrogens with one attached hydrogen (secondary N) is 1. The minimum Gasteiger partial charge on any atom is -0.334 e. The van der Waals surface area contributed by atoms with Crippen LogP contribution in [0.3, 0.4) is 0 Å². The Morgan fingerprint density at radius 1 is 1.00 bits per heavy atom. The summed E-state index contributed by atoms with van der Waals surface area (Å²) in [5, 5.41) is 6.95. The number of aromatic nitrogens is 3. The van der Waals surface area contributed by atoms with Crippen LogP contribution in [0.4, 0.5) is 5.69 Å². The zero-order chi connectivity index (χ0) is 18.6. The normalized spacial score (nSPS) is 10.6. The second-order valence-corrected chi connectivity index (χ2v) is 6.03. The summed E-state index contributed by atoms with van der Waals surface area (Å²) in [6.07, 6.45) is 3.34. The zero-order valence-electron chi connectivity index (χ0n) is 14.6. The molecule has 6 heteroatoms. The molecule has 0 atom stereocenters. The van der Waals surface area contributed by atoms with Crippen LogP contribution in [0.25, 0.3) is 22.8 Å². The van der Waals surface area contributed by atoms with Gasteiger partial charge in [0.1, 0.15) is 0 Å². The van der Waals surface area contributed by atoms with Crippen molar-refractivity contribution < 1.29 is 9.32 Å². The van der Waals surface area contributed by atoms with E-state index in [-0.39, 0.29) is 5.91 Å². The summed E-state index contributed by atoms with van der Waals surface area (Å²) in [6, 6.07) is 18.4. The molecule has 0 aliphatic rings. The molecule has 2 aromatic carbocycles. The van der Waals surface area contributed by atoms with Gasteiger partial charge >= 0.3 is 0 Å². The lowest BCUT2D eigenvalue weighted by molar-refractivity contribution is 0.102. The fraction of sp³-hybridized carbons (Fsp3) is 0.0476. The highest BCUT2D eigenvalue weighted by Crippen LogP contribution is 2.28. The molecule has 0 spiro atoms. The molecule has 0 fully saturated rings. The first-order valence-corrected chi connectivity index (χ1v) is 8.42. The van der Waals surface area contributed by atoms with Crippen molar-refractivity contribution in [1.29, 1.82) is 0 Å². The molecule has 0 aliphatic heterocycles. The topological polar surface area (TPSA) is 80.9 Å². The number of hydrogen-bond donors (Lipinski definition) is 1. The average molecular weight is 356 g/mol. The van der Waals surface area contributed by atoms with Crippen molar-refractivity contribution in [3.05, 3.63) is 84.2 Å². The van der Waals surface area contributed by atoms with Crippen molar-refractivity contribution >= 4 is 11.6 Å². The van der Waals surface area contributed by atoms with Gasteiger partial charge in [0.2, 0.25) is 5.82 Å². The molecule has 4 aromatic rings. The van der Waals surface area contributed by atoms with E-state index in [2.05, 4.69) is 20.4 Å². The van der Waals surface area contributed by atoms with Crippen LogP contribution in [0.15, 0.2) is 77.6 Å². The van der Waals surface area contributed by atoms with Crippen LogP contribution in [0, 0.1) is 6.92 Å². The second-order valence-electron chi connectivity index (χ2n) is 6.03. The van der Waals surface area contributed by atoms with Gasteiger partial charge in [0.25, 0.3) is 11.8 Å². The van der Waals surface area contributed by atoms with Gasteiger partial charge in [0.15, 0.2) is 0 Å². The first-order chi connectivity index (χ1) is 13.2. The lowest BCUT2D eigenvalue weighted by atomic mass is 10.1. The highest BCUT2D eigenvalue weighted by Gasteiger charge is 2.16. The number of nitrogens with zero attached hydrogens (tertiary/aromatic N) is 3. The fourth-order valence-corrected chi connectivity index (χ4v) is 2.71. The number of para-hydroxylation sites is 1. The van der Waals surface area contributed by atoms with Gasteiger partial charge in [-0.25, -0.2) is 0 Å². The summed E-state index contributed by atoms with van der Waals surface area (Å²) < 4.78 is 5.42. The Kier molecular flexibility index (Phi) is 4.45. The molecule has 6 nitrogen and oxygen atoms in total. The number of amides is 1. The second kappa shape index (κ2) is 7.21. The highest BCUT2D eigenvalue weighted by molar-refractivity contribution is 6.06. The van der Waals surface area contributed by atoms with Gasteiger partial charge in [0.05, 0.1) is 11.3 Å². The Labute approximate surface area is 155 Å². The maximum Gasteiger partial charge on any atom is 0.260 e. The number of pyridine rings is 1. The van der Waals surface area contributed by atoms with Crippen molar-refractivity contribution in [3.63, 3.8) is 0 Å². The summed E-state index contributed by atoms with van der Waals surface area (Å²) in [5.74, 6) is 0.606. The molecule has 0 aliphatic carbocycles. The maximum atomic E-state index is 12.6. The molecule has 132 valence electrons. The number of carbonyl (C=O) groups excluding carboxylic acids is 1. The van der Waals surface area contributed by atoms with E-state index < -0.39 is 0 Å². The average Bonchev–Trinajstić information content (AvgIpc) is 3.19. The number of benzene rings is 2. The Bertz CT molecular complexity index is 1090. The molecule has 0 saturated heterocycles. The van der Waals surface area contributed by atoms with Crippen molar-refractivity contribution in [2.75, 3.05) is 5.32 Å². The standard InChI is InChI=1S/C21H16N4O2/c1-14-5-4-6-16(13-14)20(26)23-18-8-3-2-7-17(18)21-24-19(25-27-21)15-9-11-22-12-10-15/h2-13H,1H3,(H,23,26). The fourth-order valence-electron chi connectivity index (χ4n) is 2.71. The van der Waals surface area contributed by atoms with E-state index in [9.17, 15) is 4.79 Å². The molecule has 27 heavy (non-hydrogen) atoms. The van der Waals surface area contributed by atoms with Gasteiger partial charge in [-0.2, -0.15) is 4.98 Å². The van der Waals surface area contributed by atoms with E-state index in [1.807, 2.05) is 43.3 Å². The third-order valence-corrected chi connectivity index (χ3v) is 4.05. The van der Waals surface area contributed by atoms with Gasteiger partial charge in [-0.3, -0.25) is 9.78 Å². The predicted molar refractivity (Wildman–Crippen MR) is 102 cm³/mol. The first kappa shape index (κ1) is 16.7. The molecule has 4 rings (SSSR count). The Hall–Kier alpha value is -3.80. The van der Waals surface area contributed by atoms with Crippen LogP contribution in [0.5, 0.6) is 0 Å². The Morgan fingerprint density at radius 2 is 1.81 bits per heavy atom. The molecule has 1 N–H and O–H groups in total. The van der Waals surface area contributed by atoms with Crippen LogP contribution >= 0.6 is 0 Å². The van der Waals surface area contributed by atoms with Crippen molar-refractivity contribution in [2.24, 2.45) is 0 Å². The quantitative estimate of drug-likeness (QED) is 0.587. The number of hydrogen-bond acceptors (Lipinski definition) is 5. The van der Waals surface area contributed by atoms with Crippen molar-refractivity contribution in [1.82, 2.24) is 15.1 Å². The molecule has 0 bridgehead atoms. The molecular formula is C21H16N4O2. The van der Waals surface area contributed by atoms with Crippen LogP contribution in [0.2, 0.25) is 0 Å². The van der Waals surface area contributed by atoms with Gasteiger partial charge in [-0.15, -0.1) is 0 Å². The van der Waals surface area contributed by atoms with E-state index >= 15 is 0 Å². The lowest BCUT2D eigenvalue weighted by Gasteiger charge is -2.09. The summed E-state index contributed by atoms with van der Waals surface area (Å²) in [6.45, 7) is 1.95. The van der Waals surface area contributed by atoms with E-state index in [1.165, 1.54) is 0 Å². The van der Waals surface area contributed by atoms with Gasteiger partial charge in [-0.05, 0) is 43.3 Å². The zero-order valence-corrected chi connectivity index (χ0v) is 14.6. The lowest BCUT2D eigenvalue weighted by Crippen LogP contribution is -2.12. The summed E-state index contributed by atoms with van der Waals surface area (Å²) in [5.41, 5.74) is 3.68. The SMILES string of the molecule is Cc1cccc(C(=O)Nc2ccccc2-c2nc(-c3ccncc3)no2)c1. The Morgan fingerprint density at radius 3 is 2.63 bits per heavy atom. The number of aryl methyl sites for hydroxylation is 1. The van der Waals surface area contributed by atoms with Crippen molar-refractivity contribution in [3.8, 4) is 22.8 Å². The molecular weight excluding hydrogens is 340 g/mol. The minimum absolute atomic E-state index is 0.194. The van der Waals surface area contributed by atoms with Gasteiger partial charge in [-0.1, -0.05) is 35.0 Å².